The average molecular weight is 654 g/mol. The van der Waals surface area contributed by atoms with Gasteiger partial charge in [-0.15, -0.1) is 27.7 Å². The van der Waals surface area contributed by atoms with Gasteiger partial charge in [-0.3, -0.25) is 9.11 Å². The second kappa shape index (κ2) is 10.6. The zero-order valence-electron chi connectivity index (χ0n) is 22.3. The van der Waals surface area contributed by atoms with Gasteiger partial charge in [0.15, 0.2) is 4.87 Å². The van der Waals surface area contributed by atoms with Crippen molar-refractivity contribution >= 4 is 69.1 Å². The van der Waals surface area contributed by atoms with E-state index >= 15 is 0 Å². The highest BCUT2D eigenvalue weighted by Gasteiger charge is 2.22. The first-order valence-electron chi connectivity index (χ1n) is 12.5. The fraction of sp³-hybridized carbons (Fsp3) is 0.0714. The summed E-state index contributed by atoms with van der Waals surface area (Å²) in [6.07, 6.45) is 0. The Hall–Kier alpha value is -4.12. The van der Waals surface area contributed by atoms with Crippen molar-refractivity contribution in [3.8, 4) is 10.6 Å². The highest BCUT2D eigenvalue weighted by Crippen LogP contribution is 2.36. The molecule has 0 saturated carbocycles. The van der Waals surface area contributed by atoms with Crippen molar-refractivity contribution in [3.05, 3.63) is 104 Å². The predicted octanol–water partition coefficient (Wildman–Crippen LogP) is 5.31. The van der Waals surface area contributed by atoms with Gasteiger partial charge in [0, 0.05) is 23.3 Å². The predicted molar refractivity (Wildman–Crippen MR) is 166 cm³/mol. The van der Waals surface area contributed by atoms with Gasteiger partial charge in [0.2, 0.25) is 0 Å². The summed E-state index contributed by atoms with van der Waals surface area (Å²) in [5.41, 5.74) is 6.22. The molecule has 4 aromatic carbocycles. The first-order chi connectivity index (χ1) is 20.3. The second-order valence-electron chi connectivity index (χ2n) is 9.64. The molecule has 1 aliphatic rings. The molecular weight excluding hydrogens is 633 g/mol. The molecule has 0 fully saturated rings. The van der Waals surface area contributed by atoms with Crippen LogP contribution in [-0.4, -0.2) is 40.8 Å². The van der Waals surface area contributed by atoms with Crippen LogP contribution in [0.5, 0.6) is 0 Å². The lowest BCUT2D eigenvalue weighted by atomic mass is 10.2. The summed E-state index contributed by atoms with van der Waals surface area (Å²) >= 11 is 1.13. The minimum Gasteiger partial charge on any atom is -0.282 e. The highest BCUT2D eigenvalue weighted by molar-refractivity contribution is 7.92. The molecule has 1 aliphatic heterocycles. The summed E-state index contributed by atoms with van der Waals surface area (Å²) in [5, 5.41) is 0.987. The summed E-state index contributed by atoms with van der Waals surface area (Å²) in [7, 11) is -7.70. The molecule has 5 aromatic rings. The number of hydrazine groups is 1. The molecule has 0 unspecified atom stereocenters. The van der Waals surface area contributed by atoms with Crippen LogP contribution in [0.4, 0.5) is 11.4 Å². The molecule has 0 saturated heterocycles. The van der Waals surface area contributed by atoms with Crippen molar-refractivity contribution < 1.29 is 30.8 Å². The van der Waals surface area contributed by atoms with E-state index in [-0.39, 0.29) is 9.79 Å². The number of nitrogens with one attached hydrogen (secondary N) is 1. The van der Waals surface area contributed by atoms with Crippen LogP contribution in [-0.2, 0) is 20.2 Å². The van der Waals surface area contributed by atoms with Crippen LogP contribution in [0.2, 0.25) is 0 Å². The first-order valence-corrected chi connectivity index (χ1v) is 17.0. The minimum absolute atomic E-state index is 0.152. The Kier molecular flexibility index (Phi) is 7.11. The van der Waals surface area contributed by atoms with Crippen molar-refractivity contribution in [2.75, 3.05) is 5.43 Å². The van der Waals surface area contributed by atoms with Gasteiger partial charge in [0.25, 0.3) is 25.9 Å². The van der Waals surface area contributed by atoms with E-state index in [0.29, 0.717) is 68.6 Å². The Morgan fingerprint density at radius 3 is 2.02 bits per heavy atom. The molecule has 3 N–H and O–H groups in total. The Labute approximate surface area is 252 Å². The standard InChI is InChI=1S/C28H20N4O7S4/c1-15-3-13-21-23(25(15)42(34,35)36)40-27(29-21)17-5-9-19(10-6-17)31-32(33)20-11-7-18(8-12-20)28-30-22-14-4-16(2)26(24(22)41-28)43(37,38)39/h3-14H,1-2H3,(H2-,31,33,34,35,36,37,38,39)/p+1. The number of rotatable bonds is 7. The van der Waals surface area contributed by atoms with Gasteiger partial charge < -0.3 is 0 Å². The monoisotopic (exact) mass is 653 g/mol. The van der Waals surface area contributed by atoms with Crippen molar-refractivity contribution in [3.63, 3.8) is 0 Å². The van der Waals surface area contributed by atoms with Crippen molar-refractivity contribution in [2.45, 2.75) is 23.6 Å². The van der Waals surface area contributed by atoms with E-state index in [1.54, 1.807) is 86.6 Å². The zero-order valence-corrected chi connectivity index (χ0v) is 25.6. The lowest BCUT2D eigenvalue weighted by Crippen LogP contribution is -2.11. The first kappa shape index (κ1) is 29.0. The number of nitroso groups, excluding NO2 is 1. The van der Waals surface area contributed by atoms with Crippen LogP contribution >= 0.6 is 22.3 Å². The van der Waals surface area contributed by atoms with Crippen LogP contribution < -0.4 is 10.8 Å². The van der Waals surface area contributed by atoms with Crippen LogP contribution in [0.15, 0.2) is 87.6 Å². The van der Waals surface area contributed by atoms with Gasteiger partial charge in [0.1, 0.15) is 25.5 Å². The molecular formula is C28H21N4O7S4+. The number of hydrogen-bond donors (Lipinski definition) is 3. The lowest BCUT2D eigenvalue weighted by molar-refractivity contribution is -0.427. The molecule has 218 valence electrons. The third kappa shape index (κ3) is 5.53. The van der Waals surface area contributed by atoms with Crippen LogP contribution in [0.3, 0.4) is 0 Å². The molecule has 6 rings (SSSR count). The summed E-state index contributed by atoms with van der Waals surface area (Å²) < 4.78 is 67.8. The average Bonchev–Trinajstić information content (AvgIpc) is 3.56. The van der Waals surface area contributed by atoms with Gasteiger partial charge in [0.05, 0.1) is 25.0 Å². The maximum absolute atomic E-state index is 12.8. The van der Waals surface area contributed by atoms with Gasteiger partial charge in [-0.05, 0) is 73.5 Å². The zero-order chi connectivity index (χ0) is 30.7. The van der Waals surface area contributed by atoms with Crippen molar-refractivity contribution in [2.24, 2.45) is 4.99 Å². The minimum atomic E-state index is -4.43. The summed E-state index contributed by atoms with van der Waals surface area (Å²) in [6, 6.07) is 20.0. The van der Waals surface area contributed by atoms with E-state index in [1.165, 1.54) is 0 Å². The van der Waals surface area contributed by atoms with Crippen molar-refractivity contribution in [1.29, 1.82) is 0 Å². The fourth-order valence-electron chi connectivity index (χ4n) is 4.63. The fourth-order valence-corrected chi connectivity index (χ4v) is 9.27. The topological polar surface area (TPSA) is 166 Å². The maximum Gasteiger partial charge on any atom is 0.296 e. The van der Waals surface area contributed by atoms with Gasteiger partial charge >= 0.3 is 0 Å². The summed E-state index contributed by atoms with van der Waals surface area (Å²) in [4.78, 5) is 22.7. The number of fused-ring (bicyclic) bond motifs is 2. The van der Waals surface area contributed by atoms with Crippen LogP contribution in [0.1, 0.15) is 16.7 Å². The molecule has 0 spiro atoms. The number of aromatic nitrogens is 1. The van der Waals surface area contributed by atoms with E-state index < -0.39 is 20.2 Å². The molecule has 11 nitrogen and oxygen atoms in total. The molecule has 0 bridgehead atoms. The van der Waals surface area contributed by atoms with Gasteiger partial charge in [-0.25, -0.2) is 9.98 Å². The smallest absolute Gasteiger partial charge is 0.282 e. The molecule has 43 heavy (non-hydrogen) atoms. The number of nitrogens with zero attached hydrogens (tertiary/aromatic N) is 3. The quantitative estimate of drug-likeness (QED) is 0.0914. The number of aryl methyl sites for hydroxylation is 2. The Bertz CT molecular complexity index is 2380. The van der Waals surface area contributed by atoms with E-state index in [2.05, 4.69) is 15.4 Å². The Morgan fingerprint density at radius 1 is 0.767 bits per heavy atom. The van der Waals surface area contributed by atoms with Gasteiger partial charge in [-0.1, -0.05) is 12.1 Å². The number of benzene rings is 4. The molecule has 0 atom stereocenters. The van der Waals surface area contributed by atoms with Crippen LogP contribution in [0, 0.1) is 23.3 Å². The summed E-state index contributed by atoms with van der Waals surface area (Å²) in [6.45, 7) is 3.21. The normalized spacial score (nSPS) is 13.0. The molecule has 2 heterocycles. The molecule has 0 aliphatic carbocycles. The second-order valence-corrected chi connectivity index (χ2v) is 14.4. The largest absolute Gasteiger partial charge is 0.296 e. The summed E-state index contributed by atoms with van der Waals surface area (Å²) in [5.74, 6) is 0. The molecule has 0 radical (unpaired) electrons. The van der Waals surface area contributed by atoms with E-state index in [4.69, 9.17) is 0 Å². The highest BCUT2D eigenvalue weighted by atomic mass is 32.2. The number of anilines is 1. The van der Waals surface area contributed by atoms with E-state index in [0.717, 1.165) is 22.3 Å². The van der Waals surface area contributed by atoms with E-state index in [9.17, 15) is 30.8 Å². The third-order valence-electron chi connectivity index (χ3n) is 6.65. The number of hydrogen-bond acceptors (Lipinski definition) is 8. The van der Waals surface area contributed by atoms with Gasteiger partial charge in [-0.2, -0.15) is 16.8 Å². The lowest BCUT2D eigenvalue weighted by Gasteiger charge is -2.02. The third-order valence-corrected chi connectivity index (χ3v) is 11.3. The Balaban J connectivity index is 1.22. The Morgan fingerprint density at radius 2 is 1.37 bits per heavy atom. The van der Waals surface area contributed by atoms with Crippen molar-refractivity contribution in [1.82, 2.24) is 4.98 Å². The maximum atomic E-state index is 12.8. The van der Waals surface area contributed by atoms with E-state index in [1.807, 2.05) is 0 Å². The molecule has 0 amide bonds. The number of thiazole rings is 1. The SMILES string of the molecule is Cc1ccc2c(c1S(=O)(=O)O)=S=C(c1ccc(N[N+](=O)c3ccc(-c4nc5ccc(C)c(S(=O)(=O)O)c5s4)cc3)cc1)N=2. The molecule has 1 aromatic heterocycles. The molecule has 15 heteroatoms. The van der Waals surface area contributed by atoms with Crippen LogP contribution in [0.25, 0.3) is 20.8 Å².